The van der Waals surface area contributed by atoms with Crippen molar-refractivity contribution in [3.63, 3.8) is 0 Å². The zero-order valence-corrected chi connectivity index (χ0v) is 40.2. The molecule has 74 heavy (non-hydrogen) atoms. The first-order valence-electron chi connectivity index (χ1n) is 25.1. The van der Waals surface area contributed by atoms with Gasteiger partial charge in [0.2, 0.25) is 0 Å². The first-order chi connectivity index (χ1) is 36.7. The van der Waals surface area contributed by atoms with E-state index in [1.807, 2.05) is 36.4 Å². The molecule has 0 saturated heterocycles. The van der Waals surface area contributed by atoms with Crippen molar-refractivity contribution in [2.75, 3.05) is 0 Å². The molecule has 0 N–H and O–H groups in total. The number of para-hydroxylation sites is 1. The zero-order chi connectivity index (χ0) is 49.0. The largest absolute Gasteiger partial charge is 0.452 e. The lowest BCUT2D eigenvalue weighted by atomic mass is 9.91. The van der Waals surface area contributed by atoms with Crippen molar-refractivity contribution in [1.29, 1.82) is 0 Å². The minimum absolute atomic E-state index is 0.638. The Hall–Kier alpha value is -9.90. The lowest BCUT2D eigenvalue weighted by Crippen LogP contribution is -2.03. The average Bonchev–Trinajstić information content (AvgIpc) is 4.02. The van der Waals surface area contributed by atoms with E-state index in [2.05, 4.69) is 241 Å². The van der Waals surface area contributed by atoms with Crippen molar-refractivity contribution in [3.05, 3.63) is 273 Å². The van der Waals surface area contributed by atoms with Crippen LogP contribution in [-0.2, 0) is 0 Å². The van der Waals surface area contributed by atoms with Crippen molar-refractivity contribution in [2.45, 2.75) is 0 Å². The van der Waals surface area contributed by atoms with Crippen LogP contribution in [0, 0.1) is 0 Å². The van der Waals surface area contributed by atoms with Crippen LogP contribution >= 0.6 is 0 Å². The number of nitrogens with zero attached hydrogens (tertiary/aromatic N) is 3. The predicted molar refractivity (Wildman–Crippen MR) is 307 cm³/mol. The molecule has 0 fully saturated rings. The summed E-state index contributed by atoms with van der Waals surface area (Å²) < 4.78 is 9.36. The molecule has 4 nitrogen and oxygen atoms in total. The van der Waals surface area contributed by atoms with E-state index in [0.29, 0.717) is 11.4 Å². The van der Waals surface area contributed by atoms with Gasteiger partial charge in [0.25, 0.3) is 0 Å². The van der Waals surface area contributed by atoms with Gasteiger partial charge in [-0.25, -0.2) is 9.97 Å². The van der Waals surface area contributed by atoms with Crippen LogP contribution in [0.3, 0.4) is 0 Å². The van der Waals surface area contributed by atoms with E-state index in [1.54, 1.807) is 0 Å². The highest BCUT2D eigenvalue weighted by Crippen LogP contribution is 2.49. The Kier molecular flexibility index (Phi) is 10.5. The fourth-order valence-corrected chi connectivity index (χ4v) is 11.0. The third-order valence-corrected chi connectivity index (χ3v) is 14.4. The number of furan rings is 1. The van der Waals surface area contributed by atoms with Gasteiger partial charge < -0.3 is 8.98 Å². The van der Waals surface area contributed by atoms with E-state index in [0.717, 1.165) is 116 Å². The second-order valence-corrected chi connectivity index (χ2v) is 18.8. The van der Waals surface area contributed by atoms with Crippen molar-refractivity contribution in [1.82, 2.24) is 14.5 Å². The summed E-state index contributed by atoms with van der Waals surface area (Å²) in [5.74, 6) is 0.638. The lowest BCUT2D eigenvalue weighted by molar-refractivity contribution is 0.667. The van der Waals surface area contributed by atoms with Gasteiger partial charge in [0.15, 0.2) is 11.4 Å². The van der Waals surface area contributed by atoms with Gasteiger partial charge in [-0.3, -0.25) is 0 Å². The van der Waals surface area contributed by atoms with E-state index in [-0.39, 0.29) is 0 Å². The summed E-state index contributed by atoms with van der Waals surface area (Å²) in [5, 5.41) is 3.26. The molecule has 0 aliphatic rings. The monoisotopic (exact) mass is 943 g/mol. The summed E-state index contributed by atoms with van der Waals surface area (Å²) in [6.07, 6.45) is 0. The smallest absolute Gasteiger partial charge is 0.180 e. The summed E-state index contributed by atoms with van der Waals surface area (Å²) in [6.45, 7) is 0. The Bertz CT molecular complexity index is 4160. The molecule has 14 aromatic rings. The van der Waals surface area contributed by atoms with E-state index >= 15 is 0 Å². The van der Waals surface area contributed by atoms with E-state index < -0.39 is 0 Å². The van der Waals surface area contributed by atoms with E-state index in [1.165, 1.54) is 11.1 Å². The van der Waals surface area contributed by atoms with Crippen LogP contribution < -0.4 is 0 Å². The molecule has 0 atom stereocenters. The van der Waals surface area contributed by atoms with Crippen LogP contribution in [0.15, 0.2) is 277 Å². The maximum Gasteiger partial charge on any atom is 0.180 e. The highest BCUT2D eigenvalue weighted by Gasteiger charge is 2.27. The van der Waals surface area contributed by atoms with Gasteiger partial charge >= 0.3 is 0 Å². The molecular formula is C70H45N3O. The Labute approximate surface area is 428 Å². The molecule has 4 heteroatoms. The van der Waals surface area contributed by atoms with E-state index in [4.69, 9.17) is 14.4 Å². The fraction of sp³-hybridized carbons (Fsp3) is 0. The molecule has 3 aromatic heterocycles. The van der Waals surface area contributed by atoms with Gasteiger partial charge in [0.05, 0.1) is 16.7 Å². The highest BCUT2D eigenvalue weighted by molar-refractivity contribution is 6.16. The van der Waals surface area contributed by atoms with Crippen LogP contribution in [0.1, 0.15) is 0 Å². The third kappa shape index (κ3) is 7.39. The summed E-state index contributed by atoms with van der Waals surface area (Å²) in [7, 11) is 0. The summed E-state index contributed by atoms with van der Waals surface area (Å²) >= 11 is 0. The molecule has 0 radical (unpaired) electrons. The number of hydrogen-bond acceptors (Lipinski definition) is 3. The van der Waals surface area contributed by atoms with Crippen molar-refractivity contribution >= 4 is 43.9 Å². The average molecular weight is 944 g/mol. The molecule has 0 aliphatic carbocycles. The molecule has 0 bridgehead atoms. The normalized spacial score (nSPS) is 11.5. The minimum atomic E-state index is 0.638. The second-order valence-electron chi connectivity index (χ2n) is 18.8. The maximum atomic E-state index is 6.81. The van der Waals surface area contributed by atoms with Crippen molar-refractivity contribution < 1.29 is 4.42 Å². The van der Waals surface area contributed by atoms with Gasteiger partial charge in [-0.2, -0.15) is 0 Å². The minimum Gasteiger partial charge on any atom is -0.452 e. The third-order valence-electron chi connectivity index (χ3n) is 14.4. The first kappa shape index (κ1) is 42.9. The Morgan fingerprint density at radius 3 is 1.05 bits per heavy atom. The Morgan fingerprint density at radius 1 is 0.284 bits per heavy atom. The van der Waals surface area contributed by atoms with Crippen LogP contribution in [0.2, 0.25) is 0 Å². The highest BCUT2D eigenvalue weighted by atomic mass is 16.3. The molecule has 0 unspecified atom stereocenters. The summed E-state index contributed by atoms with van der Waals surface area (Å²) in [5.41, 5.74) is 21.5. The van der Waals surface area contributed by atoms with Crippen LogP contribution in [0.4, 0.5) is 0 Å². The number of benzene rings is 11. The standard InChI is InChI=1S/C70H45N3O/c1-8-24-46(25-9-1)55-42-61-62-43-56(47-26-10-2-11-27-47)58(49-30-14-4-15-31-49)45-64(62)73(63(61)44-57(55)48-28-12-3-13-29-48)68-59(50-32-16-5-17-33-50)40-53(41-60(68)51-34-18-6-19-35-51)66-69-67(54-38-22-23-39-65(54)74-69)72-70(71-66)52-36-20-7-21-37-52/h1-45H. The number of fused-ring (bicyclic) bond motifs is 6. The van der Waals surface area contributed by atoms with Gasteiger partial charge in [-0.1, -0.05) is 224 Å². The molecule has 0 saturated carbocycles. The number of aromatic nitrogens is 3. The zero-order valence-electron chi connectivity index (χ0n) is 40.2. The second kappa shape index (κ2) is 18.1. The predicted octanol–water partition coefficient (Wildman–Crippen LogP) is 18.8. The first-order valence-corrected chi connectivity index (χ1v) is 25.1. The van der Waals surface area contributed by atoms with Crippen molar-refractivity contribution in [3.8, 4) is 95.1 Å². The maximum absolute atomic E-state index is 6.81. The topological polar surface area (TPSA) is 43.9 Å². The molecule has 14 rings (SSSR count). The molecule has 0 amide bonds. The molecule has 3 heterocycles. The van der Waals surface area contributed by atoms with Gasteiger partial charge in [0.1, 0.15) is 16.8 Å². The van der Waals surface area contributed by atoms with Crippen LogP contribution in [0.5, 0.6) is 0 Å². The number of rotatable bonds is 9. The molecular weight excluding hydrogens is 899 g/mol. The van der Waals surface area contributed by atoms with Crippen LogP contribution in [-0.4, -0.2) is 14.5 Å². The lowest BCUT2D eigenvalue weighted by Gasteiger charge is -2.22. The van der Waals surface area contributed by atoms with Crippen molar-refractivity contribution in [2.24, 2.45) is 0 Å². The van der Waals surface area contributed by atoms with E-state index in [9.17, 15) is 0 Å². The Balaban J connectivity index is 1.17. The SMILES string of the molecule is c1ccc(-c2nc(-c3cc(-c4ccccc4)c(-n4c5cc(-c6ccccc6)c(-c6ccccc6)cc5c5cc(-c6ccccc6)c(-c6ccccc6)cc54)c(-c4ccccc4)c3)c3oc4ccccc4c3n2)cc1. The molecule has 11 aromatic carbocycles. The summed E-state index contributed by atoms with van der Waals surface area (Å²) in [6, 6.07) is 97.7. The van der Waals surface area contributed by atoms with Crippen LogP contribution in [0.25, 0.3) is 139 Å². The fourth-order valence-electron chi connectivity index (χ4n) is 11.0. The van der Waals surface area contributed by atoms with Gasteiger partial charge in [0, 0.05) is 38.4 Å². The van der Waals surface area contributed by atoms with Gasteiger partial charge in [-0.15, -0.1) is 0 Å². The summed E-state index contributed by atoms with van der Waals surface area (Å²) in [4.78, 5) is 10.7. The molecule has 0 spiro atoms. The molecule has 0 aliphatic heterocycles. The van der Waals surface area contributed by atoms with Gasteiger partial charge in [-0.05, 0) is 104 Å². The Morgan fingerprint density at radius 2 is 0.635 bits per heavy atom. The molecule has 346 valence electrons. The quantitative estimate of drug-likeness (QED) is 0.145. The number of hydrogen-bond donors (Lipinski definition) is 0.